The molecule has 2 aliphatic heterocycles. The molecule has 5 heteroatoms. The molecule has 0 saturated carbocycles. The lowest BCUT2D eigenvalue weighted by Crippen LogP contribution is -2.36. The van der Waals surface area contributed by atoms with E-state index in [9.17, 15) is 4.79 Å². The topological polar surface area (TPSA) is 32.7 Å². The first-order valence-corrected chi connectivity index (χ1v) is 7.38. The Balaban J connectivity index is 2.11. The summed E-state index contributed by atoms with van der Waals surface area (Å²) in [5.41, 5.74) is 2.12. The van der Waals surface area contributed by atoms with E-state index in [4.69, 9.17) is 0 Å². The van der Waals surface area contributed by atoms with Crippen LogP contribution in [0.15, 0.2) is 29.3 Å². The Bertz CT molecular complexity index is 529. The molecule has 1 aromatic rings. The molecule has 0 saturated heterocycles. The summed E-state index contributed by atoms with van der Waals surface area (Å²) in [5.74, 6) is 0.150. The second-order valence-corrected chi connectivity index (χ2v) is 6.44. The summed E-state index contributed by atoms with van der Waals surface area (Å²) >= 11 is 3.21. The summed E-state index contributed by atoms with van der Waals surface area (Å²) in [6.45, 7) is 0.564. The summed E-state index contributed by atoms with van der Waals surface area (Å²) in [6.07, 6.45) is 2.00. The molecule has 3 rings (SSSR count). The molecule has 17 heavy (non-hydrogen) atoms. The Morgan fingerprint density at radius 2 is 2.24 bits per heavy atom. The van der Waals surface area contributed by atoms with Crippen molar-refractivity contribution in [2.24, 2.45) is 4.99 Å². The molecule has 0 radical (unpaired) electrons. The molecular weight excluding hydrogens is 252 g/mol. The summed E-state index contributed by atoms with van der Waals surface area (Å²) < 4.78 is 0.507. The summed E-state index contributed by atoms with van der Waals surface area (Å²) in [5, 5.41) is 0. The van der Waals surface area contributed by atoms with Gasteiger partial charge >= 0.3 is 0 Å². The van der Waals surface area contributed by atoms with E-state index in [0.717, 1.165) is 15.6 Å². The van der Waals surface area contributed by atoms with E-state index in [-0.39, 0.29) is 5.91 Å². The third kappa shape index (κ3) is 1.39. The lowest BCUT2D eigenvalue weighted by Gasteiger charge is -2.19. The van der Waals surface area contributed by atoms with Gasteiger partial charge in [-0.2, -0.15) is 0 Å². The fourth-order valence-corrected chi connectivity index (χ4v) is 4.37. The normalized spacial score (nSPS) is 26.6. The van der Waals surface area contributed by atoms with Crippen molar-refractivity contribution in [2.75, 3.05) is 24.7 Å². The number of hydrogen-bond acceptors (Lipinski definition) is 4. The monoisotopic (exact) mass is 264 g/mol. The molecule has 1 atom stereocenters. The van der Waals surface area contributed by atoms with Gasteiger partial charge in [0.25, 0.3) is 0 Å². The van der Waals surface area contributed by atoms with E-state index in [0.29, 0.717) is 6.54 Å². The van der Waals surface area contributed by atoms with Crippen molar-refractivity contribution in [2.45, 2.75) is 4.75 Å². The van der Waals surface area contributed by atoms with Gasteiger partial charge in [-0.25, -0.2) is 0 Å². The summed E-state index contributed by atoms with van der Waals surface area (Å²) in [4.78, 5) is 18.7. The fraction of sp³-hybridized carbons (Fsp3) is 0.333. The molecule has 2 aliphatic rings. The number of nitrogens with zero attached hydrogens (tertiary/aromatic N) is 2. The van der Waals surface area contributed by atoms with Crippen LogP contribution in [0.25, 0.3) is 0 Å². The van der Waals surface area contributed by atoms with Crippen molar-refractivity contribution in [3.05, 3.63) is 29.8 Å². The average molecular weight is 264 g/mol. The molecule has 0 unspecified atom stereocenters. The molecule has 0 fully saturated rings. The molecule has 2 heterocycles. The Kier molecular flexibility index (Phi) is 2.48. The zero-order chi connectivity index (χ0) is 12.0. The van der Waals surface area contributed by atoms with E-state index in [1.165, 1.54) is 0 Å². The van der Waals surface area contributed by atoms with Gasteiger partial charge in [-0.05, 0) is 12.3 Å². The van der Waals surface area contributed by atoms with E-state index >= 15 is 0 Å². The summed E-state index contributed by atoms with van der Waals surface area (Å²) in [7, 11) is 1.84. The Hall–Kier alpha value is -0.940. The molecule has 0 bridgehead atoms. The number of carbonyl (C=O) groups excluding carboxylic acids is 1. The quantitative estimate of drug-likeness (QED) is 0.721. The SMILES string of the molecule is CSC1=NC[C@@]2(S1)C(=O)N(C)c1ccccc12. The zero-order valence-electron chi connectivity index (χ0n) is 9.64. The van der Waals surface area contributed by atoms with E-state index in [1.807, 2.05) is 37.6 Å². The molecule has 1 spiro atoms. The van der Waals surface area contributed by atoms with Crippen LogP contribution in [-0.4, -0.2) is 30.1 Å². The van der Waals surface area contributed by atoms with Gasteiger partial charge in [0.2, 0.25) is 5.91 Å². The van der Waals surface area contributed by atoms with Crippen molar-refractivity contribution < 1.29 is 4.79 Å². The van der Waals surface area contributed by atoms with Crippen LogP contribution in [0.5, 0.6) is 0 Å². The minimum absolute atomic E-state index is 0.150. The van der Waals surface area contributed by atoms with Gasteiger partial charge in [-0.15, -0.1) is 11.8 Å². The highest BCUT2D eigenvalue weighted by molar-refractivity contribution is 8.39. The minimum Gasteiger partial charge on any atom is -0.314 e. The highest BCUT2D eigenvalue weighted by Gasteiger charge is 2.53. The van der Waals surface area contributed by atoms with Crippen molar-refractivity contribution in [3.63, 3.8) is 0 Å². The van der Waals surface area contributed by atoms with E-state index in [2.05, 4.69) is 4.99 Å². The fourth-order valence-electron chi connectivity index (χ4n) is 2.35. The van der Waals surface area contributed by atoms with Crippen LogP contribution in [0.3, 0.4) is 0 Å². The lowest BCUT2D eigenvalue weighted by atomic mass is 10.00. The maximum atomic E-state index is 12.5. The number of para-hydroxylation sites is 1. The number of anilines is 1. The van der Waals surface area contributed by atoms with Crippen molar-refractivity contribution >= 4 is 39.5 Å². The van der Waals surface area contributed by atoms with Crippen molar-refractivity contribution in [1.29, 1.82) is 0 Å². The number of carbonyl (C=O) groups is 1. The van der Waals surface area contributed by atoms with E-state index < -0.39 is 4.75 Å². The van der Waals surface area contributed by atoms with Crippen LogP contribution in [0.1, 0.15) is 5.56 Å². The number of amides is 1. The average Bonchev–Trinajstić information content (AvgIpc) is 2.89. The number of benzene rings is 1. The number of rotatable bonds is 0. The highest BCUT2D eigenvalue weighted by Crippen LogP contribution is 2.52. The second kappa shape index (κ2) is 3.78. The predicted molar refractivity (Wildman–Crippen MR) is 74.9 cm³/mol. The lowest BCUT2D eigenvalue weighted by molar-refractivity contribution is -0.119. The Labute approximate surface area is 109 Å². The number of thioether (sulfide) groups is 2. The minimum atomic E-state index is -0.496. The van der Waals surface area contributed by atoms with Crippen molar-refractivity contribution in [3.8, 4) is 0 Å². The first-order chi connectivity index (χ1) is 8.19. The zero-order valence-corrected chi connectivity index (χ0v) is 11.3. The largest absolute Gasteiger partial charge is 0.314 e. The number of hydrogen-bond donors (Lipinski definition) is 0. The number of likely N-dealkylation sites (N-methyl/N-ethyl adjacent to an activating group) is 1. The van der Waals surface area contributed by atoms with Gasteiger partial charge in [0.05, 0.1) is 6.54 Å². The molecule has 0 aliphatic carbocycles. The third-order valence-corrected chi connectivity index (χ3v) is 5.62. The third-order valence-electron chi connectivity index (χ3n) is 3.22. The molecule has 88 valence electrons. The van der Waals surface area contributed by atoms with Gasteiger partial charge in [-0.1, -0.05) is 30.0 Å². The van der Waals surface area contributed by atoms with Crippen LogP contribution >= 0.6 is 23.5 Å². The highest BCUT2D eigenvalue weighted by atomic mass is 32.2. The van der Waals surface area contributed by atoms with Crippen LogP contribution in [0.2, 0.25) is 0 Å². The van der Waals surface area contributed by atoms with Crippen LogP contribution < -0.4 is 4.90 Å². The Morgan fingerprint density at radius 3 is 2.94 bits per heavy atom. The molecule has 1 amide bonds. The molecular formula is C12H12N2OS2. The van der Waals surface area contributed by atoms with Gasteiger partial charge in [-0.3, -0.25) is 9.79 Å². The van der Waals surface area contributed by atoms with Crippen molar-refractivity contribution in [1.82, 2.24) is 0 Å². The molecule has 3 nitrogen and oxygen atoms in total. The first kappa shape index (κ1) is 11.2. The Morgan fingerprint density at radius 1 is 1.47 bits per heavy atom. The maximum Gasteiger partial charge on any atom is 0.249 e. The second-order valence-electron chi connectivity index (χ2n) is 4.10. The molecule has 0 aromatic heterocycles. The molecule has 0 N–H and O–H groups in total. The van der Waals surface area contributed by atoms with E-state index in [1.54, 1.807) is 28.4 Å². The number of fused-ring (bicyclic) bond motifs is 2. The van der Waals surface area contributed by atoms with Gasteiger partial charge < -0.3 is 4.90 Å². The predicted octanol–water partition coefficient (Wildman–Crippen LogP) is 2.32. The molecule has 1 aromatic carbocycles. The summed E-state index contributed by atoms with van der Waals surface area (Å²) in [6, 6.07) is 8.00. The smallest absolute Gasteiger partial charge is 0.249 e. The maximum absolute atomic E-state index is 12.5. The van der Waals surface area contributed by atoms with Crippen LogP contribution in [-0.2, 0) is 9.54 Å². The van der Waals surface area contributed by atoms with Crippen LogP contribution in [0, 0.1) is 0 Å². The van der Waals surface area contributed by atoms with Gasteiger partial charge in [0.15, 0.2) is 0 Å². The first-order valence-electron chi connectivity index (χ1n) is 5.34. The van der Waals surface area contributed by atoms with Gasteiger partial charge in [0.1, 0.15) is 9.12 Å². The van der Waals surface area contributed by atoms with Crippen LogP contribution in [0.4, 0.5) is 5.69 Å². The number of aliphatic imine (C=N–C) groups is 1. The van der Waals surface area contributed by atoms with Gasteiger partial charge in [0, 0.05) is 18.3 Å². The standard InChI is InChI=1S/C12H12N2OS2/c1-14-9-6-4-3-5-8(9)12(10(14)15)7-13-11(16-2)17-12/h3-6H,7H2,1-2H3/t12-/m0/s1.